The van der Waals surface area contributed by atoms with Crippen molar-refractivity contribution < 1.29 is 24.5 Å². The molecule has 0 saturated heterocycles. The van der Waals surface area contributed by atoms with E-state index in [4.69, 9.17) is 14.6 Å². The molecule has 1 aliphatic carbocycles. The molecular weight excluding hydrogens is 336 g/mol. The van der Waals surface area contributed by atoms with E-state index in [1.807, 2.05) is 19.2 Å². The van der Waals surface area contributed by atoms with E-state index in [0.717, 1.165) is 18.7 Å². The Kier molecular flexibility index (Phi) is 5.46. The van der Waals surface area contributed by atoms with Gasteiger partial charge in [-0.1, -0.05) is 12.1 Å². The molecule has 0 bridgehead atoms. The SMILES string of the molecule is C[C@H](C(=O)O)[C@@H](O)c1cccc(OCC2CC(Oc3ccnn3C)C2)c1. The quantitative estimate of drug-likeness (QED) is 0.751. The summed E-state index contributed by atoms with van der Waals surface area (Å²) in [4.78, 5) is 11.0. The number of carbonyl (C=O) groups is 1. The molecule has 3 rings (SSSR count). The summed E-state index contributed by atoms with van der Waals surface area (Å²) in [6.07, 6.45) is 2.67. The summed E-state index contributed by atoms with van der Waals surface area (Å²) in [5.74, 6) is -0.0851. The molecule has 0 unspecified atom stereocenters. The highest BCUT2D eigenvalue weighted by atomic mass is 16.5. The van der Waals surface area contributed by atoms with Crippen LogP contribution in [0.25, 0.3) is 0 Å². The Morgan fingerprint density at radius 1 is 1.38 bits per heavy atom. The summed E-state index contributed by atoms with van der Waals surface area (Å²) >= 11 is 0. The van der Waals surface area contributed by atoms with E-state index in [2.05, 4.69) is 5.10 Å². The largest absolute Gasteiger partial charge is 0.493 e. The summed E-state index contributed by atoms with van der Waals surface area (Å²) in [5.41, 5.74) is 0.545. The molecule has 2 N–H and O–H groups in total. The van der Waals surface area contributed by atoms with Gasteiger partial charge in [0, 0.05) is 13.1 Å². The molecule has 1 aromatic heterocycles. The normalized spacial score (nSPS) is 21.5. The smallest absolute Gasteiger partial charge is 0.309 e. The lowest BCUT2D eigenvalue weighted by Crippen LogP contribution is -2.37. The van der Waals surface area contributed by atoms with Crippen LogP contribution in [-0.4, -0.2) is 38.7 Å². The molecule has 2 atom stereocenters. The van der Waals surface area contributed by atoms with Crippen molar-refractivity contribution in [1.29, 1.82) is 0 Å². The maximum absolute atomic E-state index is 11.0. The van der Waals surface area contributed by atoms with E-state index in [1.165, 1.54) is 6.92 Å². The number of benzene rings is 1. The molecule has 26 heavy (non-hydrogen) atoms. The molecule has 1 aromatic carbocycles. The summed E-state index contributed by atoms with van der Waals surface area (Å²) < 4.78 is 13.4. The van der Waals surface area contributed by atoms with Crippen molar-refractivity contribution in [2.75, 3.05) is 6.61 Å². The summed E-state index contributed by atoms with van der Waals surface area (Å²) in [5, 5.41) is 23.2. The number of rotatable bonds is 8. The summed E-state index contributed by atoms with van der Waals surface area (Å²) in [7, 11) is 1.85. The molecule has 0 aliphatic heterocycles. The number of aryl methyl sites for hydroxylation is 1. The number of ether oxygens (including phenoxy) is 2. The Labute approximate surface area is 152 Å². The van der Waals surface area contributed by atoms with Crippen molar-refractivity contribution in [3.63, 3.8) is 0 Å². The van der Waals surface area contributed by atoms with E-state index in [0.29, 0.717) is 23.8 Å². The first kappa shape index (κ1) is 18.3. The zero-order valence-corrected chi connectivity index (χ0v) is 14.9. The first-order chi connectivity index (χ1) is 12.4. The van der Waals surface area contributed by atoms with Crippen LogP contribution in [0.2, 0.25) is 0 Å². The Morgan fingerprint density at radius 2 is 2.15 bits per heavy atom. The van der Waals surface area contributed by atoms with Gasteiger partial charge in [-0.15, -0.1) is 0 Å². The summed E-state index contributed by atoms with van der Waals surface area (Å²) in [6, 6.07) is 8.82. The minimum Gasteiger partial charge on any atom is -0.493 e. The average molecular weight is 360 g/mol. The maximum atomic E-state index is 11.0. The summed E-state index contributed by atoms with van der Waals surface area (Å²) in [6.45, 7) is 2.05. The van der Waals surface area contributed by atoms with Crippen LogP contribution >= 0.6 is 0 Å². The van der Waals surface area contributed by atoms with Crippen molar-refractivity contribution in [2.24, 2.45) is 18.9 Å². The Morgan fingerprint density at radius 3 is 2.81 bits per heavy atom. The Bertz CT molecular complexity index is 754. The molecular formula is C19H24N2O5. The predicted molar refractivity (Wildman–Crippen MR) is 94.0 cm³/mol. The topological polar surface area (TPSA) is 93.8 Å². The number of aromatic nitrogens is 2. The predicted octanol–water partition coefficient (Wildman–Crippen LogP) is 2.41. The molecule has 7 heteroatoms. The minimum atomic E-state index is -1.06. The molecule has 1 aliphatic rings. The number of nitrogens with zero attached hydrogens (tertiary/aromatic N) is 2. The Hall–Kier alpha value is -2.54. The highest BCUT2D eigenvalue weighted by Gasteiger charge is 2.32. The van der Waals surface area contributed by atoms with Crippen molar-refractivity contribution in [1.82, 2.24) is 9.78 Å². The van der Waals surface area contributed by atoms with Gasteiger partial charge in [0.05, 0.1) is 24.8 Å². The molecule has 2 aromatic rings. The fraction of sp³-hybridized carbons (Fsp3) is 0.474. The van der Waals surface area contributed by atoms with Gasteiger partial charge in [-0.3, -0.25) is 4.79 Å². The first-order valence-corrected chi connectivity index (χ1v) is 8.72. The van der Waals surface area contributed by atoms with Crippen LogP contribution in [0.5, 0.6) is 11.6 Å². The van der Waals surface area contributed by atoms with Gasteiger partial charge in [0.1, 0.15) is 11.9 Å². The lowest BCUT2D eigenvalue weighted by Gasteiger charge is -2.34. The fourth-order valence-electron chi connectivity index (χ4n) is 2.98. The van der Waals surface area contributed by atoms with Gasteiger partial charge < -0.3 is 19.7 Å². The van der Waals surface area contributed by atoms with Crippen molar-refractivity contribution >= 4 is 5.97 Å². The molecule has 0 amide bonds. The third-order valence-corrected chi connectivity index (χ3v) is 4.80. The van der Waals surface area contributed by atoms with E-state index < -0.39 is 18.0 Å². The van der Waals surface area contributed by atoms with Crippen molar-refractivity contribution in [3.05, 3.63) is 42.1 Å². The molecule has 0 radical (unpaired) electrons. The van der Waals surface area contributed by atoms with Gasteiger partial charge >= 0.3 is 5.97 Å². The zero-order valence-electron chi connectivity index (χ0n) is 14.9. The van der Waals surface area contributed by atoms with Crippen molar-refractivity contribution in [2.45, 2.75) is 32.0 Å². The molecule has 1 fully saturated rings. The number of carboxylic acids is 1. The second-order valence-electron chi connectivity index (χ2n) is 6.83. The number of aliphatic hydroxyl groups is 1. The number of aliphatic carboxylic acids is 1. The second-order valence-corrected chi connectivity index (χ2v) is 6.83. The van der Waals surface area contributed by atoms with Crippen LogP contribution in [0, 0.1) is 11.8 Å². The first-order valence-electron chi connectivity index (χ1n) is 8.72. The van der Waals surface area contributed by atoms with Crippen molar-refractivity contribution in [3.8, 4) is 11.6 Å². The zero-order chi connectivity index (χ0) is 18.7. The van der Waals surface area contributed by atoms with Crippen LogP contribution in [-0.2, 0) is 11.8 Å². The van der Waals surface area contributed by atoms with Crippen LogP contribution in [0.3, 0.4) is 0 Å². The number of hydrogen-bond donors (Lipinski definition) is 2. The van der Waals surface area contributed by atoms with E-state index >= 15 is 0 Å². The molecule has 1 saturated carbocycles. The Balaban J connectivity index is 1.47. The van der Waals surface area contributed by atoms with Crippen LogP contribution in [0.15, 0.2) is 36.5 Å². The lowest BCUT2D eigenvalue weighted by atomic mass is 9.83. The van der Waals surface area contributed by atoms with E-state index in [-0.39, 0.29) is 6.10 Å². The second kappa shape index (κ2) is 7.78. The lowest BCUT2D eigenvalue weighted by molar-refractivity contribution is -0.145. The third-order valence-electron chi connectivity index (χ3n) is 4.80. The van der Waals surface area contributed by atoms with E-state index in [9.17, 15) is 9.90 Å². The minimum absolute atomic E-state index is 0.184. The standard InChI is InChI=1S/C19H24N2O5/c1-12(19(23)24)18(22)14-4-3-5-15(10-14)25-11-13-8-16(9-13)26-17-6-7-20-21(17)2/h3-7,10,12-13,16,18,22H,8-9,11H2,1-2H3,(H,23,24)/t12-,13?,16?,18+/m0/s1. The molecule has 140 valence electrons. The molecule has 1 heterocycles. The van der Waals surface area contributed by atoms with Gasteiger partial charge in [-0.05, 0) is 43.4 Å². The van der Waals surface area contributed by atoms with Crippen LogP contribution in [0.4, 0.5) is 0 Å². The fourth-order valence-corrected chi connectivity index (χ4v) is 2.98. The maximum Gasteiger partial charge on any atom is 0.309 e. The number of aliphatic hydroxyl groups excluding tert-OH is 1. The molecule has 7 nitrogen and oxygen atoms in total. The average Bonchev–Trinajstić information content (AvgIpc) is 3.00. The van der Waals surface area contributed by atoms with Crippen LogP contribution in [0.1, 0.15) is 31.4 Å². The van der Waals surface area contributed by atoms with Gasteiger partial charge in [0.2, 0.25) is 5.88 Å². The number of hydrogen-bond acceptors (Lipinski definition) is 5. The van der Waals surface area contributed by atoms with Gasteiger partial charge in [0.25, 0.3) is 0 Å². The van der Waals surface area contributed by atoms with Gasteiger partial charge in [-0.25, -0.2) is 4.68 Å². The van der Waals surface area contributed by atoms with E-state index in [1.54, 1.807) is 29.1 Å². The van der Waals surface area contributed by atoms with Crippen LogP contribution < -0.4 is 9.47 Å². The molecule has 0 spiro atoms. The van der Waals surface area contributed by atoms with Gasteiger partial charge in [0.15, 0.2) is 0 Å². The highest BCUT2D eigenvalue weighted by Crippen LogP contribution is 2.32. The number of carboxylic acid groups (broad SMARTS) is 1. The van der Waals surface area contributed by atoms with Gasteiger partial charge in [-0.2, -0.15) is 5.10 Å². The monoisotopic (exact) mass is 360 g/mol. The third kappa shape index (κ3) is 4.16. The highest BCUT2D eigenvalue weighted by molar-refractivity contribution is 5.70.